The molecule has 0 radical (unpaired) electrons. The lowest BCUT2D eigenvalue weighted by Gasteiger charge is -2.20. The molecule has 0 saturated heterocycles. The van der Waals surface area contributed by atoms with Gasteiger partial charge in [-0.2, -0.15) is 0 Å². The zero-order valence-corrected chi connectivity index (χ0v) is 16.1. The Balaban J connectivity index is 1.48. The number of pyridine rings is 1. The number of rotatable bonds is 7. The highest BCUT2D eigenvalue weighted by molar-refractivity contribution is 6.13. The molecule has 8 heteroatoms. The zero-order valence-electron chi connectivity index (χ0n) is 16.1. The fraction of sp³-hybridized carbons (Fsp3) is 0.381. The van der Waals surface area contributed by atoms with Crippen LogP contribution in [0.3, 0.4) is 0 Å². The Kier molecular flexibility index (Phi) is 5.08. The van der Waals surface area contributed by atoms with Crippen molar-refractivity contribution in [2.75, 3.05) is 23.8 Å². The van der Waals surface area contributed by atoms with Crippen molar-refractivity contribution in [3.05, 3.63) is 36.3 Å². The van der Waals surface area contributed by atoms with Gasteiger partial charge in [-0.15, -0.1) is 0 Å². The fourth-order valence-electron chi connectivity index (χ4n) is 3.35. The van der Waals surface area contributed by atoms with E-state index in [-0.39, 0.29) is 23.1 Å². The number of nitrogens with zero attached hydrogens (tertiary/aromatic N) is 1. The molecular weight excluding hydrogens is 377 g/mol. The highest BCUT2D eigenvalue weighted by Gasteiger charge is 2.55. The summed E-state index contributed by atoms with van der Waals surface area (Å²) in [4.78, 5) is 28.9. The summed E-state index contributed by atoms with van der Waals surface area (Å²) in [5.41, 5.74) is -0.660. The molecule has 1 fully saturated rings. The monoisotopic (exact) mass is 399 g/mol. The van der Waals surface area contributed by atoms with Crippen molar-refractivity contribution >= 4 is 23.2 Å². The van der Waals surface area contributed by atoms with E-state index >= 15 is 0 Å². The second-order valence-electron chi connectivity index (χ2n) is 7.22. The molecule has 1 amide bonds. The molecule has 7 nitrogen and oxygen atoms in total. The van der Waals surface area contributed by atoms with E-state index in [9.17, 15) is 14.0 Å². The molecule has 2 heterocycles. The van der Waals surface area contributed by atoms with Gasteiger partial charge in [-0.05, 0) is 31.4 Å². The third-order valence-electron chi connectivity index (χ3n) is 5.11. The Hall–Kier alpha value is -3.16. The fourth-order valence-corrected chi connectivity index (χ4v) is 3.35. The molecule has 0 bridgehead atoms. The highest BCUT2D eigenvalue weighted by Crippen LogP contribution is 2.48. The van der Waals surface area contributed by atoms with Gasteiger partial charge in [-0.25, -0.2) is 9.37 Å². The Labute approximate surface area is 167 Å². The Morgan fingerprint density at radius 3 is 2.86 bits per heavy atom. The number of halogens is 1. The quantitative estimate of drug-likeness (QED) is 0.687. The van der Waals surface area contributed by atoms with Crippen LogP contribution in [-0.2, 0) is 9.59 Å². The summed E-state index contributed by atoms with van der Waals surface area (Å²) in [6.07, 6.45) is 3.71. The maximum absolute atomic E-state index is 14.6. The molecule has 1 aliphatic heterocycles. The minimum Gasteiger partial charge on any atom is -0.485 e. The zero-order chi connectivity index (χ0) is 20.4. The number of benzene rings is 1. The summed E-state index contributed by atoms with van der Waals surface area (Å²) >= 11 is 0. The van der Waals surface area contributed by atoms with Crippen LogP contribution >= 0.6 is 0 Å². The topological polar surface area (TPSA) is 89.6 Å². The molecule has 1 aromatic carbocycles. The first kappa shape index (κ1) is 19.2. The summed E-state index contributed by atoms with van der Waals surface area (Å²) in [5.74, 6) is 0.265. The highest BCUT2D eigenvalue weighted by atomic mass is 19.1. The third-order valence-corrected chi connectivity index (χ3v) is 5.11. The van der Waals surface area contributed by atoms with Crippen molar-refractivity contribution in [1.82, 2.24) is 4.98 Å². The van der Waals surface area contributed by atoms with Crippen LogP contribution in [0.4, 0.5) is 15.9 Å². The molecule has 2 aromatic rings. The first-order chi connectivity index (χ1) is 14.0. The van der Waals surface area contributed by atoms with Crippen molar-refractivity contribution in [3.8, 4) is 17.2 Å². The van der Waals surface area contributed by atoms with Gasteiger partial charge in [-0.3, -0.25) is 9.59 Å². The van der Waals surface area contributed by atoms with Crippen molar-refractivity contribution in [2.45, 2.75) is 32.6 Å². The van der Waals surface area contributed by atoms with E-state index in [1.807, 2.05) is 6.92 Å². The minimum absolute atomic E-state index is 0.00577. The molecule has 0 spiro atoms. The molecule has 1 aromatic heterocycles. The number of ether oxygens (including phenoxy) is 2. The van der Waals surface area contributed by atoms with Crippen molar-refractivity contribution in [2.24, 2.45) is 5.41 Å². The SMILES string of the molecule is CCCC(=O)C1(C(=O)Nc2ccc(Oc3ccnc4c3OCCN4)c(F)c2)CC1. The number of carbonyl (C=O) groups excluding carboxylic acids is 2. The number of amides is 1. The number of anilines is 2. The first-order valence-corrected chi connectivity index (χ1v) is 9.71. The van der Waals surface area contributed by atoms with Gasteiger partial charge in [-0.1, -0.05) is 6.92 Å². The molecule has 1 aliphatic carbocycles. The van der Waals surface area contributed by atoms with Crippen LogP contribution in [0.1, 0.15) is 32.6 Å². The predicted molar refractivity (Wildman–Crippen MR) is 105 cm³/mol. The van der Waals surface area contributed by atoms with Gasteiger partial charge in [0.15, 0.2) is 23.1 Å². The van der Waals surface area contributed by atoms with E-state index in [4.69, 9.17) is 9.47 Å². The van der Waals surface area contributed by atoms with E-state index < -0.39 is 11.2 Å². The minimum atomic E-state index is -0.942. The molecule has 2 aliphatic rings. The van der Waals surface area contributed by atoms with E-state index in [0.29, 0.717) is 56.2 Å². The summed E-state index contributed by atoms with van der Waals surface area (Å²) in [5, 5.41) is 5.75. The molecule has 0 atom stereocenters. The van der Waals surface area contributed by atoms with Gasteiger partial charge in [0, 0.05) is 30.4 Å². The second-order valence-corrected chi connectivity index (χ2v) is 7.22. The van der Waals surface area contributed by atoms with E-state index in [1.54, 1.807) is 18.3 Å². The third kappa shape index (κ3) is 3.74. The molecule has 2 N–H and O–H groups in total. The number of Topliss-reactive ketones (excluding diaryl/α,β-unsaturated/α-hetero) is 1. The smallest absolute Gasteiger partial charge is 0.238 e. The van der Waals surface area contributed by atoms with Crippen molar-refractivity contribution < 1.29 is 23.5 Å². The van der Waals surface area contributed by atoms with Crippen LogP contribution in [0.15, 0.2) is 30.5 Å². The molecule has 29 heavy (non-hydrogen) atoms. The first-order valence-electron chi connectivity index (χ1n) is 9.71. The second kappa shape index (κ2) is 7.69. The van der Waals surface area contributed by atoms with Gasteiger partial charge < -0.3 is 20.1 Å². The van der Waals surface area contributed by atoms with Gasteiger partial charge >= 0.3 is 0 Å². The Morgan fingerprint density at radius 1 is 1.31 bits per heavy atom. The van der Waals surface area contributed by atoms with Crippen LogP contribution in [0, 0.1) is 11.2 Å². The van der Waals surface area contributed by atoms with Crippen molar-refractivity contribution in [3.63, 3.8) is 0 Å². The predicted octanol–water partition coefficient (Wildman–Crippen LogP) is 3.91. The van der Waals surface area contributed by atoms with Crippen LogP contribution in [0.5, 0.6) is 17.2 Å². The van der Waals surface area contributed by atoms with Crippen LogP contribution in [0.25, 0.3) is 0 Å². The van der Waals surface area contributed by atoms with Gasteiger partial charge in [0.1, 0.15) is 17.8 Å². The number of aromatic nitrogens is 1. The molecule has 4 rings (SSSR count). The number of nitrogens with one attached hydrogen (secondary N) is 2. The summed E-state index contributed by atoms with van der Waals surface area (Å²) in [6.45, 7) is 3.00. The summed E-state index contributed by atoms with van der Waals surface area (Å²) in [6, 6.07) is 5.75. The Bertz CT molecular complexity index is 959. The van der Waals surface area contributed by atoms with Crippen LogP contribution < -0.4 is 20.1 Å². The average Bonchev–Trinajstić information content (AvgIpc) is 3.53. The van der Waals surface area contributed by atoms with Gasteiger partial charge in [0.25, 0.3) is 0 Å². The molecule has 152 valence electrons. The van der Waals surface area contributed by atoms with Gasteiger partial charge in [0.05, 0.1) is 6.54 Å². The van der Waals surface area contributed by atoms with Gasteiger partial charge in [0.2, 0.25) is 11.7 Å². The number of hydrogen-bond acceptors (Lipinski definition) is 6. The lowest BCUT2D eigenvalue weighted by Crippen LogP contribution is -2.31. The molecule has 0 unspecified atom stereocenters. The van der Waals surface area contributed by atoms with E-state index in [2.05, 4.69) is 15.6 Å². The lowest BCUT2D eigenvalue weighted by molar-refractivity contribution is -0.133. The summed E-state index contributed by atoms with van der Waals surface area (Å²) < 4.78 is 25.8. The van der Waals surface area contributed by atoms with Crippen molar-refractivity contribution in [1.29, 1.82) is 0 Å². The largest absolute Gasteiger partial charge is 0.485 e. The normalized spacial score (nSPS) is 16.1. The maximum atomic E-state index is 14.6. The maximum Gasteiger partial charge on any atom is 0.238 e. The molecular formula is C21H22FN3O4. The molecule has 1 saturated carbocycles. The standard InChI is InChI=1S/C21H22FN3O4/c1-2-3-17(26)21(7-8-21)20(27)25-13-4-5-15(14(22)12-13)29-16-6-9-23-19-18(16)28-11-10-24-19/h4-6,9,12H,2-3,7-8,10-11H2,1H3,(H,23,24)(H,25,27). The van der Waals surface area contributed by atoms with E-state index in [0.717, 1.165) is 0 Å². The lowest BCUT2D eigenvalue weighted by atomic mass is 9.96. The number of hydrogen-bond donors (Lipinski definition) is 2. The van der Waals surface area contributed by atoms with Crippen LogP contribution in [-0.4, -0.2) is 29.8 Å². The number of fused-ring (bicyclic) bond motifs is 1. The summed E-state index contributed by atoms with van der Waals surface area (Å²) in [7, 11) is 0. The van der Waals surface area contributed by atoms with E-state index in [1.165, 1.54) is 12.1 Å². The Morgan fingerprint density at radius 2 is 2.14 bits per heavy atom. The van der Waals surface area contributed by atoms with Crippen LogP contribution in [0.2, 0.25) is 0 Å². The number of ketones is 1. The average molecular weight is 399 g/mol. The number of carbonyl (C=O) groups is 2.